The van der Waals surface area contributed by atoms with Crippen molar-refractivity contribution in [2.75, 3.05) is 0 Å². The second-order valence-electron chi connectivity index (χ2n) is 4.94. The molecule has 0 saturated heterocycles. The van der Waals surface area contributed by atoms with E-state index < -0.39 is 39.6 Å². The smallest absolute Gasteiger partial charge is 0.747 e. The molecule has 9 heteroatoms. The van der Waals surface area contributed by atoms with Crippen LogP contribution in [0.2, 0.25) is 0 Å². The summed E-state index contributed by atoms with van der Waals surface area (Å²) in [5, 5.41) is 17.9. The van der Waals surface area contributed by atoms with E-state index in [1.807, 2.05) is 6.92 Å². The Bertz CT molecular complexity index is 449. The molecule has 0 rings (SSSR count). The first kappa shape index (κ1) is 23.1. The maximum Gasteiger partial charge on any atom is 1.00 e. The molecule has 0 fully saturated rings. The largest absolute Gasteiger partial charge is 1.00 e. The van der Waals surface area contributed by atoms with Crippen molar-refractivity contribution in [1.82, 2.24) is 0 Å². The van der Waals surface area contributed by atoms with Gasteiger partial charge in [-0.3, -0.25) is 9.59 Å². The predicted molar refractivity (Wildman–Crippen MR) is 70.2 cm³/mol. The molecule has 0 amide bonds. The molecule has 7 nitrogen and oxygen atoms in total. The van der Waals surface area contributed by atoms with Gasteiger partial charge in [-0.1, -0.05) is 39.5 Å². The molecule has 0 aliphatic rings. The summed E-state index contributed by atoms with van der Waals surface area (Å²) in [6.07, 6.45) is 0.995. The Morgan fingerprint density at radius 3 is 2.05 bits per heavy atom. The number of unbranched alkanes of at least 4 members (excludes halogenated alkanes) is 1. The Hall–Kier alpha value is -0.150. The summed E-state index contributed by atoms with van der Waals surface area (Å²) >= 11 is 0. The predicted octanol–water partition coefficient (Wildman–Crippen LogP) is -1.56. The molecule has 118 valence electrons. The van der Waals surface area contributed by atoms with Gasteiger partial charge >= 0.3 is 41.5 Å². The number of rotatable bonds is 10. The van der Waals surface area contributed by atoms with Crippen molar-refractivity contribution < 1.29 is 62.3 Å². The zero-order valence-corrected chi connectivity index (χ0v) is 15.5. The molecule has 0 saturated carbocycles. The summed E-state index contributed by atoms with van der Waals surface area (Å²) in [5.41, 5.74) is 0. The van der Waals surface area contributed by atoms with E-state index in [9.17, 15) is 22.6 Å². The van der Waals surface area contributed by atoms with Crippen molar-refractivity contribution in [2.24, 2.45) is 5.92 Å². The molecule has 0 heterocycles. The van der Waals surface area contributed by atoms with Crippen LogP contribution in [0.4, 0.5) is 0 Å². The van der Waals surface area contributed by atoms with Gasteiger partial charge < -0.3 is 14.8 Å². The van der Waals surface area contributed by atoms with Gasteiger partial charge in [0.2, 0.25) is 0 Å². The molecule has 2 N–H and O–H groups in total. The van der Waals surface area contributed by atoms with Crippen LogP contribution in [-0.2, 0) is 19.7 Å². The van der Waals surface area contributed by atoms with Gasteiger partial charge in [0.1, 0.15) is 10.1 Å². The number of hydrogen-bond acceptors (Lipinski definition) is 5. The van der Waals surface area contributed by atoms with E-state index in [2.05, 4.69) is 0 Å². The summed E-state index contributed by atoms with van der Waals surface area (Å²) in [7, 11) is -5.28. The van der Waals surface area contributed by atoms with Gasteiger partial charge in [-0.2, -0.15) is 0 Å². The van der Waals surface area contributed by atoms with E-state index in [0.717, 1.165) is 12.8 Å². The Morgan fingerprint density at radius 2 is 1.76 bits per heavy atom. The normalized spacial score (nSPS) is 15.6. The Kier molecular flexibility index (Phi) is 10.8. The van der Waals surface area contributed by atoms with Crippen LogP contribution in [0, 0.1) is 5.92 Å². The second-order valence-corrected chi connectivity index (χ2v) is 6.63. The Balaban J connectivity index is 0. The third-order valence-electron chi connectivity index (χ3n) is 3.47. The van der Waals surface area contributed by atoms with Crippen LogP contribution in [-0.4, -0.2) is 39.9 Å². The van der Waals surface area contributed by atoms with E-state index in [1.165, 1.54) is 0 Å². The third-order valence-corrected chi connectivity index (χ3v) is 4.91. The molecule has 0 bridgehead atoms. The number of hydrogen-bond donors (Lipinski definition) is 2. The van der Waals surface area contributed by atoms with Crippen LogP contribution in [0.1, 0.15) is 52.4 Å². The molecular weight excluding hydrogens is 311 g/mol. The molecule has 0 radical (unpaired) electrons. The van der Waals surface area contributed by atoms with E-state index in [0.29, 0.717) is 12.8 Å². The molecule has 0 spiro atoms. The van der Waals surface area contributed by atoms with Crippen LogP contribution in [0.25, 0.3) is 0 Å². The van der Waals surface area contributed by atoms with Gasteiger partial charge in [0, 0.05) is 0 Å². The Labute approximate surface area is 147 Å². The average molecular weight is 332 g/mol. The summed E-state index contributed by atoms with van der Waals surface area (Å²) in [6, 6.07) is 0. The maximum atomic E-state index is 11.4. The van der Waals surface area contributed by atoms with Crippen molar-refractivity contribution in [3.63, 3.8) is 0 Å². The van der Waals surface area contributed by atoms with Crippen LogP contribution >= 0.6 is 0 Å². The fourth-order valence-electron chi connectivity index (χ4n) is 2.19. The quantitative estimate of drug-likeness (QED) is 0.365. The molecule has 0 aliphatic carbocycles. The summed E-state index contributed by atoms with van der Waals surface area (Å²) in [6.45, 7) is 3.68. The second kappa shape index (κ2) is 9.78. The van der Waals surface area contributed by atoms with E-state index >= 15 is 0 Å². The molecule has 21 heavy (non-hydrogen) atoms. The monoisotopic (exact) mass is 332 g/mol. The maximum absolute atomic E-state index is 11.4. The molecule has 2 atom stereocenters. The minimum absolute atomic E-state index is 0. The van der Waals surface area contributed by atoms with Gasteiger partial charge in [0.05, 0.1) is 6.42 Å². The Morgan fingerprint density at radius 1 is 1.24 bits per heavy atom. The fourth-order valence-corrected chi connectivity index (χ4v) is 3.14. The molecular formula is C12H21NaO7S. The zero-order valence-electron chi connectivity index (χ0n) is 12.7. The zero-order chi connectivity index (χ0) is 16.0. The SMILES string of the molecule is CCCCC(CC)CC(CC(=O)O)(C(=O)O)S(=O)(=O)[O-].[Na+]. The van der Waals surface area contributed by atoms with Crippen molar-refractivity contribution in [2.45, 2.75) is 57.1 Å². The topological polar surface area (TPSA) is 132 Å². The average Bonchev–Trinajstić information content (AvgIpc) is 2.30. The van der Waals surface area contributed by atoms with Crippen molar-refractivity contribution in [3.8, 4) is 0 Å². The van der Waals surface area contributed by atoms with Gasteiger partial charge in [0.15, 0.2) is 4.75 Å². The molecule has 0 aromatic heterocycles. The molecule has 0 aliphatic heterocycles. The molecule has 2 unspecified atom stereocenters. The third kappa shape index (κ3) is 6.65. The number of carboxylic acids is 2. The first-order chi connectivity index (χ1) is 9.10. The number of carbonyl (C=O) groups is 2. The summed E-state index contributed by atoms with van der Waals surface area (Å²) < 4.78 is 31.3. The van der Waals surface area contributed by atoms with E-state index in [1.54, 1.807) is 6.92 Å². The van der Waals surface area contributed by atoms with E-state index in [4.69, 9.17) is 10.2 Å². The minimum atomic E-state index is -5.28. The van der Waals surface area contributed by atoms with E-state index in [-0.39, 0.29) is 35.5 Å². The van der Waals surface area contributed by atoms with Crippen LogP contribution in [0.5, 0.6) is 0 Å². The summed E-state index contributed by atoms with van der Waals surface area (Å²) in [4.78, 5) is 22.1. The van der Waals surface area contributed by atoms with Crippen LogP contribution in [0.3, 0.4) is 0 Å². The van der Waals surface area contributed by atoms with Crippen LogP contribution < -0.4 is 29.6 Å². The van der Waals surface area contributed by atoms with Crippen molar-refractivity contribution in [1.29, 1.82) is 0 Å². The number of carboxylic acid groups (broad SMARTS) is 2. The fraction of sp³-hybridized carbons (Fsp3) is 0.833. The van der Waals surface area contributed by atoms with Crippen molar-refractivity contribution in [3.05, 3.63) is 0 Å². The van der Waals surface area contributed by atoms with Gasteiger partial charge in [-0.25, -0.2) is 8.42 Å². The number of aliphatic carboxylic acids is 2. The molecule has 0 aromatic rings. The van der Waals surface area contributed by atoms with Crippen LogP contribution in [0.15, 0.2) is 0 Å². The molecule has 0 aromatic carbocycles. The first-order valence-corrected chi connectivity index (χ1v) is 7.92. The summed E-state index contributed by atoms with van der Waals surface area (Å²) in [5.74, 6) is -3.81. The van der Waals surface area contributed by atoms with Gasteiger partial charge in [-0.15, -0.1) is 0 Å². The van der Waals surface area contributed by atoms with Crippen molar-refractivity contribution >= 4 is 22.1 Å². The van der Waals surface area contributed by atoms with Gasteiger partial charge in [-0.05, 0) is 12.3 Å². The first-order valence-electron chi connectivity index (χ1n) is 6.51. The standard InChI is InChI=1S/C12H22O7S.Na/c1-3-5-6-9(4-2)7-12(11(15)16,8-10(13)14)20(17,18)19;/h9H,3-8H2,1-2H3,(H,13,14)(H,15,16)(H,17,18,19);/q;+1/p-1. The minimum Gasteiger partial charge on any atom is -0.747 e. The van der Waals surface area contributed by atoms with Gasteiger partial charge in [0.25, 0.3) is 0 Å².